The highest BCUT2D eigenvalue weighted by Gasteiger charge is 2.25. The molecule has 2 amide bonds. The van der Waals surface area contributed by atoms with Crippen molar-refractivity contribution in [2.24, 2.45) is 5.73 Å². The predicted octanol–water partition coefficient (Wildman–Crippen LogP) is 2.30. The van der Waals surface area contributed by atoms with Crippen LogP contribution in [-0.4, -0.2) is 358 Å². The number of ether oxygens (including phenoxy) is 3. The summed E-state index contributed by atoms with van der Waals surface area (Å²) >= 11 is 0. The lowest BCUT2D eigenvalue weighted by Gasteiger charge is -2.33. The number of esters is 3. The SMILES string of the molecule is CCOC(=O)CN1CCN(CCC(=O)NCCN(Cc2ccccn2)Cc2ccccn2)CCN(CC(C)=O)CCN(CC(=O)NCCN(Cc2ccccn2)Cc2ccccn2)CC1.CCOC(=O)CN1CCN(CCC(=O)O)CCN(CC(=O)OCC)CCN(CC(=O)O)CC1.NCCN(Cc1ccccn1)Cc1ccccn1. The number of amides is 2. The van der Waals surface area contributed by atoms with Crippen molar-refractivity contribution in [1.29, 1.82) is 0 Å². The molecule has 0 aromatic carbocycles. The van der Waals surface area contributed by atoms with Gasteiger partial charge in [-0.15, -0.1) is 0 Å². The minimum Gasteiger partial charge on any atom is -0.481 e. The van der Waals surface area contributed by atoms with Crippen LogP contribution in [0.5, 0.6) is 0 Å². The molecule has 116 heavy (non-hydrogen) atoms. The van der Waals surface area contributed by atoms with Gasteiger partial charge in [-0.05, 0) is 100 Å². The lowest BCUT2D eigenvalue weighted by Crippen LogP contribution is -2.49. The molecule has 2 aliphatic heterocycles. The molecule has 0 spiro atoms. The van der Waals surface area contributed by atoms with Crippen LogP contribution in [0.1, 0.15) is 74.7 Å². The monoisotopic (exact) mass is 1610 g/mol. The molecule has 0 radical (unpaired) electrons. The van der Waals surface area contributed by atoms with E-state index in [9.17, 15) is 43.5 Å². The second-order valence-electron chi connectivity index (χ2n) is 28.3. The zero-order valence-corrected chi connectivity index (χ0v) is 68.4. The number of Topliss-reactive ketones (excluding diaryl/α,β-unsaturated/α-hetero) is 1. The number of rotatable bonds is 41. The van der Waals surface area contributed by atoms with E-state index >= 15 is 0 Å². The Morgan fingerprint density at radius 2 is 0.621 bits per heavy atom. The number of nitrogens with one attached hydrogen (secondary N) is 2. The molecule has 8 rings (SSSR count). The van der Waals surface area contributed by atoms with Gasteiger partial charge in [0.1, 0.15) is 5.78 Å². The van der Waals surface area contributed by atoms with Crippen LogP contribution in [-0.2, 0) is 91.8 Å². The van der Waals surface area contributed by atoms with Crippen LogP contribution in [0.4, 0.5) is 0 Å². The summed E-state index contributed by atoms with van der Waals surface area (Å²) in [6, 6.07) is 35.4. The summed E-state index contributed by atoms with van der Waals surface area (Å²) in [5.74, 6) is -2.93. The molecular weight excluding hydrogens is 1490 g/mol. The van der Waals surface area contributed by atoms with E-state index in [1.54, 1.807) is 57.4 Å². The fourth-order valence-corrected chi connectivity index (χ4v) is 12.9. The van der Waals surface area contributed by atoms with E-state index < -0.39 is 11.9 Å². The van der Waals surface area contributed by atoms with Gasteiger partial charge in [0.15, 0.2) is 0 Å². The van der Waals surface area contributed by atoms with E-state index in [0.717, 1.165) is 53.8 Å². The first-order chi connectivity index (χ1) is 56.3. The van der Waals surface area contributed by atoms with Gasteiger partial charge in [-0.25, -0.2) is 0 Å². The number of hydrogen-bond donors (Lipinski definition) is 5. The Morgan fingerprint density at radius 3 is 0.888 bits per heavy atom. The molecule has 0 saturated carbocycles. The Kier molecular flexibility index (Phi) is 47.2. The normalized spacial score (nSPS) is 15.2. The quantitative estimate of drug-likeness (QED) is 0.0271. The number of nitrogens with two attached hydrogens (primary N) is 1. The number of carbonyl (C=O) groups excluding carboxylic acids is 6. The van der Waals surface area contributed by atoms with Gasteiger partial charge in [-0.2, -0.15) is 0 Å². The van der Waals surface area contributed by atoms with Gasteiger partial charge in [-0.1, -0.05) is 36.4 Å². The Hall–Kier alpha value is -9.62. The third kappa shape index (κ3) is 43.4. The standard InChI is InChI=1S/C48H68N12O5.C21H38N4O8.C14H18N4/c1-3-65-48(64)40-58-29-27-55(23-16-46(62)53-21-24-59(35-42-12-4-8-17-49-42)36-43-13-5-9-18-50-43)26-28-56(34-41(2)61)30-31-57(32-33-58)39-47(63)54-22-25-60(37-44-14-6-10-19-51-44)38-45-15-7-11-20-52-45;1-3-32-20(30)16-24-9-7-22(6-5-18(26)27)8-10-25(17-21(31)33-4-2)14-12-23(11-13-24)15-19(28)29;15-7-10-18(11-13-5-1-3-8-16-13)12-14-6-2-4-9-17-14/h4-15,17-20H,3,16,21-40H2,1-2H3,(H,53,62)(H,54,63);3-17H2,1-2H3,(H,26,27)(H,28,29);1-6,8-9H,7,10-12,15H2. The molecule has 6 N–H and O–H groups in total. The fraction of sp³-hybridized carbons (Fsp3) is 0.542. The Bertz CT molecular complexity index is 3550. The Balaban J connectivity index is 0.000000336. The zero-order chi connectivity index (χ0) is 83.2. The van der Waals surface area contributed by atoms with Crippen molar-refractivity contribution < 1.29 is 62.8 Å². The number of carboxylic acids is 2. The zero-order valence-electron chi connectivity index (χ0n) is 68.4. The summed E-state index contributed by atoms with van der Waals surface area (Å²) in [5, 5.41) is 24.6. The first kappa shape index (κ1) is 95.2. The maximum absolute atomic E-state index is 13.5. The first-order valence-electron chi connectivity index (χ1n) is 40.3. The van der Waals surface area contributed by atoms with Crippen LogP contribution in [0.3, 0.4) is 0 Å². The summed E-state index contributed by atoms with van der Waals surface area (Å²) in [7, 11) is 0. The van der Waals surface area contributed by atoms with E-state index in [4.69, 9.17) is 25.1 Å². The van der Waals surface area contributed by atoms with Crippen LogP contribution < -0.4 is 16.4 Å². The minimum atomic E-state index is -0.948. The molecule has 2 aliphatic rings. The topological polar surface area (TPSA) is 368 Å². The minimum absolute atomic E-state index is 0.0118. The van der Waals surface area contributed by atoms with Gasteiger partial charge in [-0.3, -0.25) is 112 Å². The van der Waals surface area contributed by atoms with Gasteiger partial charge in [0.05, 0.1) is 99.7 Å². The van der Waals surface area contributed by atoms with Crippen LogP contribution >= 0.6 is 0 Å². The highest BCUT2D eigenvalue weighted by Crippen LogP contribution is 2.12. The number of aliphatic carboxylic acids is 2. The molecule has 6 aromatic heterocycles. The number of aromatic nitrogens is 6. The molecule has 33 nitrogen and oxygen atoms in total. The van der Waals surface area contributed by atoms with Gasteiger partial charge in [0.25, 0.3) is 0 Å². The van der Waals surface area contributed by atoms with E-state index in [-0.39, 0.29) is 94.5 Å². The van der Waals surface area contributed by atoms with E-state index in [1.165, 1.54) is 0 Å². The second kappa shape index (κ2) is 57.4. The predicted molar refractivity (Wildman–Crippen MR) is 439 cm³/mol. The number of ketones is 1. The third-order valence-corrected chi connectivity index (χ3v) is 18.9. The number of pyridine rings is 6. The smallest absolute Gasteiger partial charge is 0.320 e. The summed E-state index contributed by atoms with van der Waals surface area (Å²) < 4.78 is 15.4. The van der Waals surface area contributed by atoms with Gasteiger partial charge >= 0.3 is 29.8 Å². The van der Waals surface area contributed by atoms with Crippen LogP contribution in [0.15, 0.2) is 146 Å². The molecule has 8 heterocycles. The summed E-state index contributed by atoms with van der Waals surface area (Å²) in [4.78, 5) is 148. The summed E-state index contributed by atoms with van der Waals surface area (Å²) in [6.07, 6.45) is 11.1. The van der Waals surface area contributed by atoms with Crippen molar-refractivity contribution in [3.05, 3.63) is 181 Å². The highest BCUT2D eigenvalue weighted by molar-refractivity contribution is 5.78. The van der Waals surface area contributed by atoms with Crippen molar-refractivity contribution in [1.82, 2.24) is 94.4 Å². The van der Waals surface area contributed by atoms with Gasteiger partial charge in [0.2, 0.25) is 11.8 Å². The lowest BCUT2D eigenvalue weighted by molar-refractivity contribution is -0.145. The van der Waals surface area contributed by atoms with Gasteiger partial charge in [0, 0.05) is 240 Å². The van der Waals surface area contributed by atoms with E-state index in [2.05, 4.69) is 74.8 Å². The van der Waals surface area contributed by atoms with Crippen molar-refractivity contribution in [2.45, 2.75) is 79.8 Å². The number of hydrogen-bond acceptors (Lipinski definition) is 29. The van der Waals surface area contributed by atoms with Gasteiger partial charge < -0.3 is 50.6 Å². The highest BCUT2D eigenvalue weighted by atomic mass is 16.5. The Morgan fingerprint density at radius 1 is 0.353 bits per heavy atom. The lowest BCUT2D eigenvalue weighted by atomic mass is 10.2. The maximum Gasteiger partial charge on any atom is 0.320 e. The van der Waals surface area contributed by atoms with E-state index in [0.29, 0.717) is 190 Å². The number of carbonyl (C=O) groups is 8. The van der Waals surface area contributed by atoms with Crippen LogP contribution in [0, 0.1) is 0 Å². The van der Waals surface area contributed by atoms with Crippen molar-refractivity contribution in [3.63, 3.8) is 0 Å². The number of carboxylic acid groups (broad SMARTS) is 2. The average Bonchev–Trinajstić information content (AvgIpc) is 1.06. The molecule has 0 aliphatic carbocycles. The van der Waals surface area contributed by atoms with Crippen LogP contribution in [0.25, 0.3) is 0 Å². The molecule has 0 atom stereocenters. The van der Waals surface area contributed by atoms with Crippen molar-refractivity contribution in [3.8, 4) is 0 Å². The molecule has 33 heteroatoms. The van der Waals surface area contributed by atoms with Crippen molar-refractivity contribution in [2.75, 3.05) is 216 Å². The Labute approximate surface area is 683 Å². The maximum atomic E-state index is 13.5. The summed E-state index contributed by atoms with van der Waals surface area (Å²) in [5.41, 5.74) is 11.5. The van der Waals surface area contributed by atoms with E-state index in [1.807, 2.05) is 136 Å². The molecule has 6 aromatic rings. The molecule has 2 saturated heterocycles. The van der Waals surface area contributed by atoms with Crippen molar-refractivity contribution >= 4 is 47.4 Å². The fourth-order valence-electron chi connectivity index (χ4n) is 12.9. The molecule has 634 valence electrons. The summed E-state index contributed by atoms with van der Waals surface area (Å²) in [6.45, 7) is 25.3. The largest absolute Gasteiger partial charge is 0.481 e. The molecule has 0 bridgehead atoms. The molecular formula is C83H124N20O13. The molecule has 2 fully saturated rings. The molecule has 0 unspecified atom stereocenters. The third-order valence-electron chi connectivity index (χ3n) is 18.9. The average molecular weight is 1610 g/mol. The van der Waals surface area contributed by atoms with Crippen LogP contribution in [0.2, 0.25) is 0 Å². The first-order valence-corrected chi connectivity index (χ1v) is 40.3. The number of nitrogens with zero attached hydrogens (tertiary/aromatic N) is 17. The second-order valence-corrected chi connectivity index (χ2v) is 28.3.